The van der Waals surface area contributed by atoms with Gasteiger partial charge in [-0.1, -0.05) is 18.6 Å². The van der Waals surface area contributed by atoms with E-state index in [4.69, 9.17) is 0 Å². The zero-order chi connectivity index (χ0) is 14.6. The summed E-state index contributed by atoms with van der Waals surface area (Å²) >= 11 is 0. The fourth-order valence-corrected chi connectivity index (χ4v) is 6.61. The molecule has 6 atom stereocenters. The largest absolute Gasteiger partial charge is 0.295 e. The van der Waals surface area contributed by atoms with Gasteiger partial charge in [0, 0.05) is 6.42 Å². The first kappa shape index (κ1) is 13.8. The molecule has 0 aromatic rings. The molecule has 0 amide bonds. The maximum absolute atomic E-state index is 11.7. The van der Waals surface area contributed by atoms with E-state index in [1.165, 1.54) is 44.1 Å². The first-order valence-corrected chi connectivity index (χ1v) is 8.99. The maximum atomic E-state index is 11.7. The lowest BCUT2D eigenvalue weighted by Gasteiger charge is -2.53. The predicted molar refractivity (Wildman–Crippen MR) is 85.8 cm³/mol. The van der Waals surface area contributed by atoms with Crippen molar-refractivity contribution in [1.29, 1.82) is 0 Å². The molecule has 4 aliphatic rings. The van der Waals surface area contributed by atoms with Crippen LogP contribution in [0.15, 0.2) is 24.3 Å². The van der Waals surface area contributed by atoms with Crippen molar-refractivity contribution in [3.8, 4) is 0 Å². The number of fused-ring (bicyclic) bond motifs is 5. The van der Waals surface area contributed by atoms with E-state index in [-0.39, 0.29) is 0 Å². The Morgan fingerprint density at radius 1 is 1.14 bits per heavy atom. The van der Waals surface area contributed by atoms with Gasteiger partial charge in [0.1, 0.15) is 0 Å². The number of carbonyl (C=O) groups excluding carboxylic acids is 1. The van der Waals surface area contributed by atoms with Crippen LogP contribution < -0.4 is 0 Å². The van der Waals surface area contributed by atoms with Gasteiger partial charge >= 0.3 is 0 Å². The van der Waals surface area contributed by atoms with Crippen molar-refractivity contribution in [2.45, 2.75) is 58.3 Å². The van der Waals surface area contributed by atoms with Gasteiger partial charge in [-0.15, -0.1) is 6.58 Å². The molecular weight excluding hydrogens is 256 g/mol. The van der Waals surface area contributed by atoms with E-state index in [1.807, 2.05) is 6.08 Å². The summed E-state index contributed by atoms with van der Waals surface area (Å²) in [4.78, 5) is 11.7. The number of carbonyl (C=O) groups is 1. The van der Waals surface area contributed by atoms with Crippen LogP contribution in [-0.2, 0) is 4.79 Å². The van der Waals surface area contributed by atoms with Crippen molar-refractivity contribution < 1.29 is 4.79 Å². The maximum Gasteiger partial charge on any atom is 0.155 e. The van der Waals surface area contributed by atoms with E-state index < -0.39 is 0 Å². The molecule has 0 saturated heterocycles. The molecule has 0 N–H and O–H groups in total. The van der Waals surface area contributed by atoms with Gasteiger partial charge in [-0.25, -0.2) is 0 Å². The summed E-state index contributed by atoms with van der Waals surface area (Å²) in [6, 6.07) is 0. The Kier molecular flexibility index (Phi) is 3.17. The Morgan fingerprint density at radius 3 is 2.81 bits per heavy atom. The Balaban J connectivity index is 1.62. The van der Waals surface area contributed by atoms with Gasteiger partial charge in [-0.2, -0.15) is 0 Å². The molecule has 0 heterocycles. The topological polar surface area (TPSA) is 17.1 Å². The first-order chi connectivity index (χ1) is 10.1. The van der Waals surface area contributed by atoms with Gasteiger partial charge in [-0.3, -0.25) is 4.79 Å². The monoisotopic (exact) mass is 284 g/mol. The molecule has 0 spiro atoms. The summed E-state index contributed by atoms with van der Waals surface area (Å²) in [6.45, 7) is 6.65. The molecule has 21 heavy (non-hydrogen) atoms. The van der Waals surface area contributed by atoms with Crippen LogP contribution in [0.4, 0.5) is 0 Å². The molecule has 1 heteroatoms. The molecular formula is C20H28O. The lowest BCUT2D eigenvalue weighted by Crippen LogP contribution is -2.46. The highest BCUT2D eigenvalue weighted by atomic mass is 16.1. The molecule has 0 aromatic heterocycles. The zero-order valence-electron chi connectivity index (χ0n) is 13.3. The van der Waals surface area contributed by atoms with E-state index in [1.54, 1.807) is 0 Å². The van der Waals surface area contributed by atoms with Crippen molar-refractivity contribution in [3.63, 3.8) is 0 Å². The molecule has 0 aliphatic heterocycles. The van der Waals surface area contributed by atoms with Crippen molar-refractivity contribution in [1.82, 2.24) is 0 Å². The molecule has 0 bridgehead atoms. The third-order valence-electron chi connectivity index (χ3n) is 7.66. The third-order valence-corrected chi connectivity index (χ3v) is 7.66. The molecule has 1 nitrogen and oxygen atoms in total. The van der Waals surface area contributed by atoms with Gasteiger partial charge in [0.15, 0.2) is 5.78 Å². The highest BCUT2D eigenvalue weighted by molar-refractivity contribution is 5.91. The Bertz CT molecular complexity index is 502. The average molecular weight is 284 g/mol. The summed E-state index contributed by atoms with van der Waals surface area (Å²) in [5, 5.41) is 0. The van der Waals surface area contributed by atoms with Crippen molar-refractivity contribution in [2.75, 3.05) is 0 Å². The van der Waals surface area contributed by atoms with Crippen LogP contribution in [0.1, 0.15) is 58.3 Å². The van der Waals surface area contributed by atoms with Crippen LogP contribution in [0.5, 0.6) is 0 Å². The second-order valence-corrected chi connectivity index (χ2v) is 8.27. The minimum Gasteiger partial charge on any atom is -0.295 e. The minimum atomic E-state index is 0.382. The van der Waals surface area contributed by atoms with Gasteiger partial charge in [0.25, 0.3) is 0 Å². The van der Waals surface area contributed by atoms with Gasteiger partial charge in [0.2, 0.25) is 0 Å². The van der Waals surface area contributed by atoms with Gasteiger partial charge < -0.3 is 0 Å². The van der Waals surface area contributed by atoms with Crippen LogP contribution in [0.3, 0.4) is 0 Å². The van der Waals surface area contributed by atoms with Gasteiger partial charge in [0.05, 0.1) is 0 Å². The van der Waals surface area contributed by atoms with Crippen LogP contribution in [0.2, 0.25) is 0 Å². The lowest BCUT2D eigenvalue weighted by atomic mass is 9.51. The summed E-state index contributed by atoms with van der Waals surface area (Å²) in [6.07, 6.45) is 14.3. The molecule has 1 unspecified atom stereocenters. The van der Waals surface area contributed by atoms with Crippen molar-refractivity contribution >= 4 is 5.78 Å². The zero-order valence-corrected chi connectivity index (χ0v) is 13.3. The lowest BCUT2D eigenvalue weighted by molar-refractivity contribution is -0.116. The van der Waals surface area contributed by atoms with E-state index >= 15 is 0 Å². The molecule has 114 valence electrons. The van der Waals surface area contributed by atoms with Crippen molar-refractivity contribution in [2.24, 2.45) is 35.0 Å². The average Bonchev–Trinajstić information content (AvgIpc) is 2.83. The first-order valence-electron chi connectivity index (χ1n) is 8.99. The van der Waals surface area contributed by atoms with E-state index in [9.17, 15) is 4.79 Å². The number of ketones is 1. The van der Waals surface area contributed by atoms with E-state index in [0.717, 1.165) is 42.4 Å². The SMILES string of the molecule is C=C[C@H]1CC[C@H]2[C@@H]3CCC4=CC(=O)CCC4[C@H]3CC[C@]12C. The quantitative estimate of drug-likeness (QED) is 0.624. The summed E-state index contributed by atoms with van der Waals surface area (Å²) in [5.74, 6) is 4.58. The fourth-order valence-electron chi connectivity index (χ4n) is 6.61. The Morgan fingerprint density at radius 2 is 2.00 bits per heavy atom. The number of allylic oxidation sites excluding steroid dienone is 2. The minimum absolute atomic E-state index is 0.382. The van der Waals surface area contributed by atoms with Crippen molar-refractivity contribution in [3.05, 3.63) is 24.3 Å². The normalized spacial score (nSPS) is 48.9. The van der Waals surface area contributed by atoms with E-state index in [2.05, 4.69) is 19.6 Å². The molecule has 4 rings (SSSR count). The summed E-state index contributed by atoms with van der Waals surface area (Å²) in [5.41, 5.74) is 2.03. The standard InChI is InChI=1S/C20H28O/c1-3-14-5-9-19-18-7-4-13-12-15(21)6-8-16(13)17(18)10-11-20(14,19)2/h3,12,14,16-19H,1,4-11H2,2H3/t14-,16?,17+,18+,19-,20+/m0/s1. The number of hydrogen-bond acceptors (Lipinski definition) is 1. The third kappa shape index (κ3) is 1.92. The van der Waals surface area contributed by atoms with Crippen LogP contribution in [0.25, 0.3) is 0 Å². The smallest absolute Gasteiger partial charge is 0.155 e. The summed E-state index contributed by atoms with van der Waals surface area (Å²) < 4.78 is 0. The fraction of sp³-hybridized carbons (Fsp3) is 0.750. The van der Waals surface area contributed by atoms with Crippen LogP contribution >= 0.6 is 0 Å². The number of rotatable bonds is 1. The molecule has 0 aromatic carbocycles. The van der Waals surface area contributed by atoms with E-state index in [0.29, 0.717) is 11.2 Å². The molecule has 3 fully saturated rings. The Labute approximate surface area is 128 Å². The Hall–Kier alpha value is -0.850. The molecule has 3 saturated carbocycles. The predicted octanol–water partition coefficient (Wildman–Crippen LogP) is 4.93. The second-order valence-electron chi connectivity index (χ2n) is 8.27. The summed E-state index contributed by atoms with van der Waals surface area (Å²) in [7, 11) is 0. The highest BCUT2D eigenvalue weighted by Crippen LogP contribution is 2.63. The number of hydrogen-bond donors (Lipinski definition) is 0. The van der Waals surface area contributed by atoms with Gasteiger partial charge in [-0.05, 0) is 86.0 Å². The highest BCUT2D eigenvalue weighted by Gasteiger charge is 2.55. The van der Waals surface area contributed by atoms with Crippen LogP contribution in [-0.4, -0.2) is 5.78 Å². The second kappa shape index (κ2) is 4.83. The molecule has 0 radical (unpaired) electrons. The van der Waals surface area contributed by atoms with Crippen LogP contribution in [0, 0.1) is 35.0 Å². The molecule has 4 aliphatic carbocycles.